The van der Waals surface area contributed by atoms with Crippen LogP contribution in [0.3, 0.4) is 0 Å². The first kappa shape index (κ1) is 16.0. The fourth-order valence-corrected chi connectivity index (χ4v) is 2.73. The molecule has 2 aliphatic rings. The number of aromatic nitrogens is 2. The maximum absolute atomic E-state index is 12.0. The highest BCUT2D eigenvalue weighted by Crippen LogP contribution is 2.34. The molecule has 0 atom stereocenters. The molecule has 2 saturated carbocycles. The molecule has 1 aromatic heterocycles. The van der Waals surface area contributed by atoms with Crippen LogP contribution in [-0.2, 0) is 23.2 Å². The van der Waals surface area contributed by atoms with Crippen molar-refractivity contribution in [3.05, 3.63) is 11.8 Å². The number of carbonyl (C=O) groups excluding carboxylic acids is 2. The van der Waals surface area contributed by atoms with Crippen LogP contribution in [0.15, 0.2) is 6.20 Å². The van der Waals surface area contributed by atoms with Gasteiger partial charge in [-0.05, 0) is 24.7 Å². The molecular weight excluding hydrogens is 292 g/mol. The van der Waals surface area contributed by atoms with E-state index in [0.717, 1.165) is 30.2 Å². The summed E-state index contributed by atoms with van der Waals surface area (Å²) in [6, 6.07) is 0. The van der Waals surface area contributed by atoms with Crippen molar-refractivity contribution in [1.82, 2.24) is 15.1 Å². The fraction of sp³-hybridized carbons (Fsp3) is 0.706. The average Bonchev–Trinajstić information content (AvgIpc) is 3.44. The molecule has 0 saturated heterocycles. The summed E-state index contributed by atoms with van der Waals surface area (Å²) in [5, 5.41) is 10.1. The fourth-order valence-electron chi connectivity index (χ4n) is 2.73. The van der Waals surface area contributed by atoms with Crippen LogP contribution in [-0.4, -0.2) is 21.6 Å². The molecule has 0 unspecified atom stereocenters. The number of carbonyl (C=O) groups is 2. The summed E-state index contributed by atoms with van der Waals surface area (Å²) in [6.07, 6.45) is 9.88. The lowest BCUT2D eigenvalue weighted by Gasteiger charge is -2.09. The molecule has 0 bridgehead atoms. The van der Waals surface area contributed by atoms with Gasteiger partial charge in [-0.1, -0.05) is 25.7 Å². The molecule has 0 spiro atoms. The molecule has 1 aromatic rings. The molecule has 0 aliphatic heterocycles. The lowest BCUT2D eigenvalue weighted by atomic mass is 10.2. The predicted molar refractivity (Wildman–Crippen MR) is 87.6 cm³/mol. The third-order valence-corrected chi connectivity index (χ3v) is 4.70. The van der Waals surface area contributed by atoms with Crippen LogP contribution in [0.4, 0.5) is 5.82 Å². The smallest absolute Gasteiger partial charge is 0.225 e. The third kappa shape index (κ3) is 5.08. The minimum Gasteiger partial charge on any atom is -0.352 e. The van der Waals surface area contributed by atoms with Gasteiger partial charge in [-0.25, -0.2) is 0 Å². The zero-order valence-electron chi connectivity index (χ0n) is 13.8. The predicted octanol–water partition coefficient (Wildman–Crippen LogP) is 2.36. The van der Waals surface area contributed by atoms with Gasteiger partial charge in [0.05, 0.1) is 6.20 Å². The Kier molecular flexibility index (Phi) is 4.98. The molecule has 3 rings (SSSR count). The minimum absolute atomic E-state index is 0.0295. The van der Waals surface area contributed by atoms with E-state index in [1.54, 1.807) is 17.9 Å². The normalized spacial score (nSPS) is 17.1. The van der Waals surface area contributed by atoms with Gasteiger partial charge in [0.2, 0.25) is 11.8 Å². The molecule has 2 aliphatic carbocycles. The second-order valence-electron chi connectivity index (χ2n) is 6.93. The zero-order chi connectivity index (χ0) is 16.2. The SMILES string of the molecule is Cn1ncc(CNC(=O)CCC2CC2)c1NC(=O)CCC1CC1. The largest absolute Gasteiger partial charge is 0.352 e. The van der Waals surface area contributed by atoms with E-state index in [0.29, 0.717) is 25.2 Å². The molecule has 2 N–H and O–H groups in total. The van der Waals surface area contributed by atoms with Gasteiger partial charge < -0.3 is 10.6 Å². The Bertz CT molecular complexity index is 573. The van der Waals surface area contributed by atoms with Crippen LogP contribution >= 0.6 is 0 Å². The summed E-state index contributed by atoms with van der Waals surface area (Å²) in [6.45, 7) is 0.412. The number of nitrogens with zero attached hydrogens (tertiary/aromatic N) is 2. The van der Waals surface area contributed by atoms with E-state index in [1.165, 1.54) is 25.7 Å². The van der Waals surface area contributed by atoms with Crippen LogP contribution in [0.25, 0.3) is 0 Å². The van der Waals surface area contributed by atoms with Gasteiger partial charge in [0.1, 0.15) is 5.82 Å². The molecular formula is C17H26N4O2. The highest BCUT2D eigenvalue weighted by Gasteiger charge is 2.23. The Labute approximate surface area is 137 Å². The maximum atomic E-state index is 12.0. The van der Waals surface area contributed by atoms with E-state index in [4.69, 9.17) is 0 Å². The van der Waals surface area contributed by atoms with E-state index in [-0.39, 0.29) is 11.8 Å². The number of hydrogen-bond donors (Lipinski definition) is 2. The summed E-state index contributed by atoms with van der Waals surface area (Å²) >= 11 is 0. The zero-order valence-corrected chi connectivity index (χ0v) is 13.8. The summed E-state index contributed by atoms with van der Waals surface area (Å²) in [4.78, 5) is 23.9. The molecule has 2 amide bonds. The van der Waals surface area contributed by atoms with E-state index >= 15 is 0 Å². The van der Waals surface area contributed by atoms with E-state index < -0.39 is 0 Å². The summed E-state index contributed by atoms with van der Waals surface area (Å²) in [5.74, 6) is 2.31. The minimum atomic E-state index is 0.0295. The highest BCUT2D eigenvalue weighted by molar-refractivity contribution is 5.90. The molecule has 23 heavy (non-hydrogen) atoms. The van der Waals surface area contributed by atoms with Gasteiger partial charge in [-0.3, -0.25) is 14.3 Å². The maximum Gasteiger partial charge on any atom is 0.225 e. The number of aryl methyl sites for hydroxylation is 1. The Balaban J connectivity index is 1.46. The summed E-state index contributed by atoms with van der Waals surface area (Å²) in [7, 11) is 1.80. The van der Waals surface area contributed by atoms with Gasteiger partial charge in [0, 0.05) is 32.0 Å². The molecule has 1 heterocycles. The molecule has 0 aromatic carbocycles. The number of amides is 2. The first-order chi connectivity index (χ1) is 11.1. The molecule has 6 heteroatoms. The second kappa shape index (κ2) is 7.15. The van der Waals surface area contributed by atoms with Crippen molar-refractivity contribution in [2.45, 2.75) is 57.9 Å². The van der Waals surface area contributed by atoms with E-state index in [2.05, 4.69) is 15.7 Å². The molecule has 126 valence electrons. The first-order valence-corrected chi connectivity index (χ1v) is 8.69. The molecule has 2 fully saturated rings. The van der Waals surface area contributed by atoms with Gasteiger partial charge >= 0.3 is 0 Å². The van der Waals surface area contributed by atoms with Gasteiger partial charge in [0.15, 0.2) is 0 Å². The van der Waals surface area contributed by atoms with Gasteiger partial charge in [-0.2, -0.15) is 5.10 Å². The van der Waals surface area contributed by atoms with Crippen molar-refractivity contribution >= 4 is 17.6 Å². The standard InChI is InChI=1S/C17H26N4O2/c1-21-17(20-16(23)9-7-13-4-5-13)14(11-19-21)10-18-15(22)8-6-12-2-3-12/h11-13H,2-10H2,1H3,(H,18,22)(H,20,23). The summed E-state index contributed by atoms with van der Waals surface area (Å²) in [5.41, 5.74) is 0.854. The van der Waals surface area contributed by atoms with Crippen molar-refractivity contribution in [3.63, 3.8) is 0 Å². The highest BCUT2D eigenvalue weighted by atomic mass is 16.2. The Morgan fingerprint density at radius 3 is 2.35 bits per heavy atom. The number of nitrogens with one attached hydrogen (secondary N) is 2. The van der Waals surface area contributed by atoms with E-state index in [9.17, 15) is 9.59 Å². The number of hydrogen-bond acceptors (Lipinski definition) is 3. The van der Waals surface area contributed by atoms with Gasteiger partial charge in [0.25, 0.3) is 0 Å². The number of anilines is 1. The second-order valence-corrected chi connectivity index (χ2v) is 6.93. The van der Waals surface area contributed by atoms with Crippen molar-refractivity contribution in [2.75, 3.05) is 5.32 Å². The van der Waals surface area contributed by atoms with Crippen LogP contribution in [0, 0.1) is 11.8 Å². The van der Waals surface area contributed by atoms with Crippen LogP contribution in [0.1, 0.15) is 56.9 Å². The average molecular weight is 318 g/mol. The Morgan fingerprint density at radius 2 is 1.74 bits per heavy atom. The third-order valence-electron chi connectivity index (χ3n) is 4.70. The van der Waals surface area contributed by atoms with Crippen LogP contribution in [0.5, 0.6) is 0 Å². The monoisotopic (exact) mass is 318 g/mol. The Hall–Kier alpha value is -1.85. The van der Waals surface area contributed by atoms with Crippen molar-refractivity contribution in [2.24, 2.45) is 18.9 Å². The van der Waals surface area contributed by atoms with Crippen molar-refractivity contribution in [3.8, 4) is 0 Å². The molecule has 6 nitrogen and oxygen atoms in total. The summed E-state index contributed by atoms with van der Waals surface area (Å²) < 4.78 is 1.65. The first-order valence-electron chi connectivity index (χ1n) is 8.69. The van der Waals surface area contributed by atoms with Crippen LogP contribution in [0.2, 0.25) is 0 Å². The topological polar surface area (TPSA) is 76.0 Å². The van der Waals surface area contributed by atoms with Crippen molar-refractivity contribution < 1.29 is 9.59 Å². The van der Waals surface area contributed by atoms with E-state index in [1.807, 2.05) is 0 Å². The lowest BCUT2D eigenvalue weighted by Crippen LogP contribution is -2.23. The quantitative estimate of drug-likeness (QED) is 0.734. The van der Waals surface area contributed by atoms with Gasteiger partial charge in [-0.15, -0.1) is 0 Å². The van der Waals surface area contributed by atoms with Crippen LogP contribution < -0.4 is 10.6 Å². The number of rotatable bonds is 9. The van der Waals surface area contributed by atoms with Crippen molar-refractivity contribution in [1.29, 1.82) is 0 Å². The Morgan fingerprint density at radius 1 is 1.13 bits per heavy atom. The lowest BCUT2D eigenvalue weighted by molar-refractivity contribution is -0.121. The molecule has 0 radical (unpaired) electrons.